The van der Waals surface area contributed by atoms with Crippen LogP contribution in [-0.4, -0.2) is 89.5 Å². The second-order valence-electron chi connectivity index (χ2n) is 8.20. The fourth-order valence-electron chi connectivity index (χ4n) is 3.41. The van der Waals surface area contributed by atoms with E-state index in [9.17, 15) is 32.5 Å². The number of amides is 2. The number of hydrogen-bond donors (Lipinski definition) is 6. The number of anilines is 1. The van der Waals surface area contributed by atoms with Gasteiger partial charge in [-0.15, -0.1) is 16.4 Å². The summed E-state index contributed by atoms with van der Waals surface area (Å²) in [5, 5.41) is 24.4. The molecule has 38 heavy (non-hydrogen) atoms. The molecule has 204 valence electrons. The van der Waals surface area contributed by atoms with Crippen molar-refractivity contribution in [3.63, 3.8) is 0 Å². The Balaban J connectivity index is 1.56. The van der Waals surface area contributed by atoms with Gasteiger partial charge in [-0.3, -0.25) is 14.1 Å². The van der Waals surface area contributed by atoms with Crippen molar-refractivity contribution < 1.29 is 37.3 Å². The molecule has 0 aromatic carbocycles. The van der Waals surface area contributed by atoms with Crippen molar-refractivity contribution >= 4 is 56.2 Å². The number of guanidine groups is 1. The molecule has 0 radical (unpaired) electrons. The second kappa shape index (κ2) is 9.83. The summed E-state index contributed by atoms with van der Waals surface area (Å²) >= 11 is 0.962. The highest BCUT2D eigenvalue weighted by atomic mass is 32.2. The molecular weight excluding hydrogens is 550 g/mol. The predicted octanol–water partition coefficient (Wildman–Crippen LogP) is -3.37. The number of nitrogen functional groups attached to an aromatic ring is 1. The van der Waals surface area contributed by atoms with Crippen molar-refractivity contribution in [3.05, 3.63) is 23.0 Å². The maximum atomic E-state index is 13.1. The van der Waals surface area contributed by atoms with Gasteiger partial charge in [0.15, 0.2) is 16.8 Å². The Labute approximate surface area is 217 Å². The normalized spacial score (nSPS) is 20.4. The van der Waals surface area contributed by atoms with E-state index in [2.05, 4.69) is 30.8 Å². The molecule has 2 atom stereocenters. The summed E-state index contributed by atoms with van der Waals surface area (Å²) in [6.45, 7) is -0.345. The van der Waals surface area contributed by atoms with E-state index >= 15 is 0 Å². The zero-order chi connectivity index (χ0) is 27.8. The summed E-state index contributed by atoms with van der Waals surface area (Å²) in [4.78, 5) is 50.0. The molecule has 3 heterocycles. The van der Waals surface area contributed by atoms with Gasteiger partial charge in [0.25, 0.3) is 11.8 Å². The van der Waals surface area contributed by atoms with Crippen LogP contribution in [0.5, 0.6) is 0 Å². The first-order valence-electron chi connectivity index (χ1n) is 10.6. The van der Waals surface area contributed by atoms with Gasteiger partial charge >= 0.3 is 16.3 Å². The minimum absolute atomic E-state index is 0.0253. The first-order valence-corrected chi connectivity index (χ1v) is 12.9. The van der Waals surface area contributed by atoms with E-state index in [0.29, 0.717) is 5.69 Å². The molecule has 4 rings (SSSR count). The average Bonchev–Trinajstić information content (AvgIpc) is 3.29. The fourth-order valence-corrected chi connectivity index (χ4v) is 4.83. The molecule has 1 aliphatic heterocycles. The van der Waals surface area contributed by atoms with E-state index < -0.39 is 51.5 Å². The van der Waals surface area contributed by atoms with E-state index in [4.69, 9.17) is 22.0 Å². The van der Waals surface area contributed by atoms with Crippen LogP contribution < -0.4 is 22.5 Å². The number of carbonyl (C=O) groups is 3. The summed E-state index contributed by atoms with van der Waals surface area (Å²) in [6.07, 6.45) is 1.70. The van der Waals surface area contributed by atoms with Crippen molar-refractivity contribution in [3.8, 4) is 0 Å². The lowest BCUT2D eigenvalue weighted by Gasteiger charge is -2.43. The fraction of sp³-hybridized carbons (Fsp3) is 0.412. The maximum absolute atomic E-state index is 13.1. The Morgan fingerprint density at radius 2 is 2.05 bits per heavy atom. The smallest absolute Gasteiger partial charge is 0.362 e. The van der Waals surface area contributed by atoms with Gasteiger partial charge in [0, 0.05) is 18.2 Å². The molecule has 1 saturated heterocycles. The Morgan fingerprint density at radius 3 is 2.61 bits per heavy atom. The minimum atomic E-state index is -5.00. The number of aliphatic imine (C=N–C) groups is 1. The summed E-state index contributed by atoms with van der Waals surface area (Å²) in [5.74, 6) is -3.65. The van der Waals surface area contributed by atoms with Gasteiger partial charge in [0.2, 0.25) is 5.60 Å². The van der Waals surface area contributed by atoms with E-state index in [-0.39, 0.29) is 47.0 Å². The molecule has 2 aromatic rings. The van der Waals surface area contributed by atoms with Crippen LogP contribution in [0.1, 0.15) is 24.2 Å². The van der Waals surface area contributed by atoms with Crippen LogP contribution >= 0.6 is 11.3 Å². The summed E-state index contributed by atoms with van der Waals surface area (Å²) < 4.78 is 34.5. The number of thiazole rings is 1. The molecule has 2 amide bonds. The van der Waals surface area contributed by atoms with Crippen molar-refractivity contribution in [2.24, 2.45) is 21.6 Å². The molecule has 2 aromatic heterocycles. The molecule has 9 N–H and O–H groups in total. The zero-order valence-corrected chi connectivity index (χ0v) is 20.8. The van der Waals surface area contributed by atoms with Gasteiger partial charge in [0.1, 0.15) is 17.4 Å². The molecule has 1 saturated carbocycles. The first kappa shape index (κ1) is 26.7. The second-order valence-corrected chi connectivity index (χ2v) is 10.4. The molecule has 2 aliphatic rings. The standard InChI is InChI=1S/C17H21N11O8S2/c18-15(19)21-3-7-4-27(26-24-7)5-9-11(13(30)28(9)38(33,34)35)23-12(29)10(8-6-37-16(20)22-8)25-36-17(1-2-17)14(31)32/h4,6,9,11H,1-3,5H2,(H2,20,22)(H,23,29)(H,31,32)(H4,18,19,21)(H,33,34,35). The Hall–Kier alpha value is -4.37. The van der Waals surface area contributed by atoms with E-state index in [0.717, 1.165) is 16.0 Å². The van der Waals surface area contributed by atoms with Crippen molar-refractivity contribution in [1.82, 2.24) is 29.6 Å². The van der Waals surface area contributed by atoms with Crippen LogP contribution in [0, 0.1) is 0 Å². The number of nitrogens with one attached hydrogen (secondary N) is 1. The number of carboxylic acids is 1. The van der Waals surface area contributed by atoms with Crippen LogP contribution in [0.4, 0.5) is 5.13 Å². The molecule has 19 nitrogen and oxygen atoms in total. The van der Waals surface area contributed by atoms with Gasteiger partial charge in [-0.05, 0) is 0 Å². The van der Waals surface area contributed by atoms with Gasteiger partial charge in [-0.2, -0.15) is 8.42 Å². The molecular formula is C17H21N11O8S2. The SMILES string of the molecule is NC(N)=NCc1cn(CC2C(NC(=O)C(=NOC3(C(=O)O)CC3)c3csc(N)n3)C(=O)N2S(=O)(=O)O)nn1. The van der Waals surface area contributed by atoms with Crippen LogP contribution in [0.3, 0.4) is 0 Å². The highest BCUT2D eigenvalue weighted by molar-refractivity contribution is 7.84. The number of rotatable bonds is 11. The van der Waals surface area contributed by atoms with Crippen LogP contribution in [0.25, 0.3) is 0 Å². The monoisotopic (exact) mass is 571 g/mol. The maximum Gasteiger partial charge on any atom is 0.362 e. The number of aromatic nitrogens is 4. The van der Waals surface area contributed by atoms with Gasteiger partial charge in [-0.1, -0.05) is 10.4 Å². The van der Waals surface area contributed by atoms with Crippen molar-refractivity contribution in [1.29, 1.82) is 0 Å². The first-order chi connectivity index (χ1) is 17.8. The van der Waals surface area contributed by atoms with Gasteiger partial charge in [0.05, 0.1) is 25.3 Å². The number of β-lactam (4-membered cyclic amide) rings is 1. The van der Waals surface area contributed by atoms with Gasteiger partial charge in [-0.25, -0.2) is 23.8 Å². The highest BCUT2D eigenvalue weighted by Crippen LogP contribution is 2.40. The number of carboxylic acid groups (broad SMARTS) is 1. The topological polar surface area (TPSA) is 297 Å². The third-order valence-electron chi connectivity index (χ3n) is 5.47. The lowest BCUT2D eigenvalue weighted by atomic mass is 9.98. The lowest BCUT2D eigenvalue weighted by molar-refractivity contribution is -0.153. The average molecular weight is 572 g/mol. The largest absolute Gasteiger partial charge is 0.478 e. The summed E-state index contributed by atoms with van der Waals surface area (Å²) in [7, 11) is -5.00. The predicted molar refractivity (Wildman–Crippen MR) is 127 cm³/mol. The molecule has 0 bridgehead atoms. The Morgan fingerprint density at radius 1 is 1.34 bits per heavy atom. The summed E-state index contributed by atoms with van der Waals surface area (Å²) in [5.41, 5.74) is 14.3. The number of oxime groups is 1. The Kier molecular flexibility index (Phi) is 6.90. The van der Waals surface area contributed by atoms with Gasteiger partial charge < -0.3 is 32.5 Å². The van der Waals surface area contributed by atoms with Crippen LogP contribution in [0.2, 0.25) is 0 Å². The van der Waals surface area contributed by atoms with Crippen molar-refractivity contribution in [2.45, 2.75) is 43.6 Å². The van der Waals surface area contributed by atoms with E-state index in [1.807, 2.05) is 0 Å². The number of aliphatic carboxylic acids is 1. The quantitative estimate of drug-likeness (QED) is 0.0504. The summed E-state index contributed by atoms with van der Waals surface area (Å²) in [6, 6.07) is -2.79. The number of nitrogens with two attached hydrogens (primary N) is 3. The molecule has 2 unspecified atom stereocenters. The van der Waals surface area contributed by atoms with Crippen molar-refractivity contribution in [2.75, 3.05) is 5.73 Å². The molecule has 21 heteroatoms. The van der Waals surface area contributed by atoms with E-state index in [1.165, 1.54) is 11.6 Å². The van der Waals surface area contributed by atoms with Crippen LogP contribution in [0.15, 0.2) is 21.7 Å². The third-order valence-corrected chi connectivity index (χ3v) is 7.10. The zero-order valence-electron chi connectivity index (χ0n) is 19.2. The Bertz CT molecular complexity index is 1440. The molecule has 1 aliphatic carbocycles. The van der Waals surface area contributed by atoms with Crippen LogP contribution in [-0.2, 0) is 42.6 Å². The number of hydrogen-bond acceptors (Lipinski definition) is 13. The molecule has 0 spiro atoms. The van der Waals surface area contributed by atoms with E-state index in [1.54, 1.807) is 0 Å². The number of carbonyl (C=O) groups excluding carboxylic acids is 2. The minimum Gasteiger partial charge on any atom is -0.478 e. The lowest BCUT2D eigenvalue weighted by Crippen LogP contribution is -2.73. The number of nitrogens with zero attached hydrogens (tertiary/aromatic N) is 7. The molecule has 2 fully saturated rings. The highest BCUT2D eigenvalue weighted by Gasteiger charge is 2.56. The third kappa shape index (κ3) is 5.47.